The molecule has 0 saturated carbocycles. The van der Waals surface area contributed by atoms with Gasteiger partial charge < -0.3 is 9.84 Å². The summed E-state index contributed by atoms with van der Waals surface area (Å²) in [6.45, 7) is 3.83. The molecule has 4 nitrogen and oxygen atoms in total. The molecule has 0 saturated heterocycles. The molecule has 0 aliphatic carbocycles. The van der Waals surface area contributed by atoms with Crippen LogP contribution < -0.4 is 5.32 Å². The van der Waals surface area contributed by atoms with Crippen LogP contribution in [-0.4, -0.2) is 16.2 Å². The molecule has 1 atom stereocenters. The zero-order chi connectivity index (χ0) is 9.68. The fourth-order valence-corrected chi connectivity index (χ4v) is 0.970. The third-order valence-corrected chi connectivity index (χ3v) is 1.71. The molecule has 0 fully saturated rings. The van der Waals surface area contributed by atoms with Crippen LogP contribution in [0.1, 0.15) is 25.6 Å². The van der Waals surface area contributed by atoms with Gasteiger partial charge >= 0.3 is 6.01 Å². The van der Waals surface area contributed by atoms with Crippen molar-refractivity contribution in [2.24, 2.45) is 0 Å². The zero-order valence-corrected chi connectivity index (χ0v) is 7.87. The monoisotopic (exact) mass is 179 g/mol. The van der Waals surface area contributed by atoms with Crippen molar-refractivity contribution in [3.63, 3.8) is 0 Å². The largest absolute Gasteiger partial charge is 0.334 e. The molecular formula is C9H13N3O. The highest BCUT2D eigenvalue weighted by Crippen LogP contribution is 2.08. The number of rotatable bonds is 4. The SMILES string of the molecule is C#CCC(CC)Nc1nc(C)no1. The molecule has 1 heterocycles. The quantitative estimate of drug-likeness (QED) is 0.713. The van der Waals surface area contributed by atoms with Crippen LogP contribution in [0, 0.1) is 19.3 Å². The summed E-state index contributed by atoms with van der Waals surface area (Å²) in [5, 5.41) is 6.73. The summed E-state index contributed by atoms with van der Waals surface area (Å²) in [6, 6.07) is 0.657. The van der Waals surface area contributed by atoms with Gasteiger partial charge in [-0.25, -0.2) is 0 Å². The lowest BCUT2D eigenvalue weighted by Gasteiger charge is -2.10. The molecule has 0 aliphatic rings. The molecule has 1 aromatic heterocycles. The summed E-state index contributed by atoms with van der Waals surface area (Å²) in [5.74, 6) is 3.22. The summed E-state index contributed by atoms with van der Waals surface area (Å²) >= 11 is 0. The van der Waals surface area contributed by atoms with Gasteiger partial charge in [0.15, 0.2) is 5.82 Å². The first-order valence-corrected chi connectivity index (χ1v) is 4.26. The minimum absolute atomic E-state index is 0.213. The average molecular weight is 179 g/mol. The number of hydrogen-bond donors (Lipinski definition) is 1. The van der Waals surface area contributed by atoms with Crippen LogP contribution in [0.5, 0.6) is 0 Å². The van der Waals surface area contributed by atoms with Crippen LogP contribution in [0.4, 0.5) is 6.01 Å². The van der Waals surface area contributed by atoms with Gasteiger partial charge in [0, 0.05) is 12.5 Å². The lowest BCUT2D eigenvalue weighted by atomic mass is 10.2. The summed E-state index contributed by atoms with van der Waals surface area (Å²) in [7, 11) is 0. The van der Waals surface area contributed by atoms with Gasteiger partial charge in [0.1, 0.15) is 0 Å². The number of hydrogen-bond acceptors (Lipinski definition) is 4. The number of nitrogens with one attached hydrogen (secondary N) is 1. The van der Waals surface area contributed by atoms with Gasteiger partial charge in [-0.15, -0.1) is 12.3 Å². The summed E-state index contributed by atoms with van der Waals surface area (Å²) < 4.78 is 4.90. The van der Waals surface area contributed by atoms with E-state index in [0.717, 1.165) is 6.42 Å². The number of nitrogens with zero attached hydrogens (tertiary/aromatic N) is 2. The molecule has 0 radical (unpaired) electrons. The molecule has 0 bridgehead atoms. The van der Waals surface area contributed by atoms with Crippen molar-refractivity contribution in [2.75, 3.05) is 5.32 Å². The van der Waals surface area contributed by atoms with E-state index in [1.165, 1.54) is 0 Å². The van der Waals surface area contributed by atoms with Gasteiger partial charge in [-0.2, -0.15) is 4.98 Å². The van der Waals surface area contributed by atoms with Crippen LogP contribution in [-0.2, 0) is 0 Å². The standard InChI is InChI=1S/C9H13N3O/c1-4-6-8(5-2)11-9-10-7(3)12-13-9/h1,8H,5-6H2,2-3H3,(H,10,11,12). The van der Waals surface area contributed by atoms with Gasteiger partial charge in [0.2, 0.25) is 0 Å². The summed E-state index contributed by atoms with van der Waals surface area (Å²) in [4.78, 5) is 4.02. The van der Waals surface area contributed by atoms with E-state index in [-0.39, 0.29) is 6.04 Å². The van der Waals surface area contributed by atoms with E-state index in [2.05, 4.69) is 28.3 Å². The van der Waals surface area contributed by atoms with Gasteiger partial charge in [-0.1, -0.05) is 12.1 Å². The Morgan fingerprint density at radius 1 is 1.69 bits per heavy atom. The molecule has 0 spiro atoms. The second kappa shape index (κ2) is 4.51. The van der Waals surface area contributed by atoms with Gasteiger partial charge in [-0.05, 0) is 13.3 Å². The maximum Gasteiger partial charge on any atom is 0.321 e. The minimum atomic E-state index is 0.213. The van der Waals surface area contributed by atoms with E-state index >= 15 is 0 Å². The highest BCUT2D eigenvalue weighted by Gasteiger charge is 2.08. The molecule has 1 aromatic rings. The Morgan fingerprint density at radius 2 is 2.46 bits per heavy atom. The first kappa shape index (κ1) is 9.59. The molecular weight excluding hydrogens is 166 g/mol. The minimum Gasteiger partial charge on any atom is -0.334 e. The molecule has 4 heteroatoms. The molecule has 0 aromatic carbocycles. The van der Waals surface area contributed by atoms with Crippen LogP contribution in [0.15, 0.2) is 4.52 Å². The maximum absolute atomic E-state index is 5.21. The fraction of sp³-hybridized carbons (Fsp3) is 0.556. The van der Waals surface area contributed by atoms with Crippen molar-refractivity contribution in [1.29, 1.82) is 0 Å². The van der Waals surface area contributed by atoms with Gasteiger partial charge in [0.25, 0.3) is 0 Å². The van der Waals surface area contributed by atoms with E-state index in [0.29, 0.717) is 18.3 Å². The van der Waals surface area contributed by atoms with Crippen LogP contribution >= 0.6 is 0 Å². The molecule has 1 rings (SSSR count). The van der Waals surface area contributed by atoms with Crippen molar-refractivity contribution in [2.45, 2.75) is 32.7 Å². The Balaban J connectivity index is 2.52. The molecule has 1 unspecified atom stereocenters. The fourth-order valence-electron chi connectivity index (χ4n) is 0.970. The first-order chi connectivity index (χ1) is 6.26. The number of anilines is 1. The van der Waals surface area contributed by atoms with Crippen molar-refractivity contribution < 1.29 is 4.52 Å². The third-order valence-electron chi connectivity index (χ3n) is 1.71. The zero-order valence-electron chi connectivity index (χ0n) is 7.87. The Morgan fingerprint density at radius 3 is 2.92 bits per heavy atom. The second-order valence-electron chi connectivity index (χ2n) is 2.80. The highest BCUT2D eigenvalue weighted by molar-refractivity contribution is 5.21. The average Bonchev–Trinajstić information content (AvgIpc) is 2.50. The predicted molar refractivity (Wildman–Crippen MR) is 50.2 cm³/mol. The normalized spacial score (nSPS) is 12.1. The van der Waals surface area contributed by atoms with E-state index in [4.69, 9.17) is 10.9 Å². The molecule has 1 N–H and O–H groups in total. The van der Waals surface area contributed by atoms with Crippen molar-refractivity contribution in [1.82, 2.24) is 10.1 Å². The lowest BCUT2D eigenvalue weighted by molar-refractivity contribution is 0.420. The first-order valence-electron chi connectivity index (χ1n) is 4.26. The Labute approximate surface area is 77.7 Å². The topological polar surface area (TPSA) is 51.0 Å². The van der Waals surface area contributed by atoms with Crippen molar-refractivity contribution in [3.05, 3.63) is 5.82 Å². The van der Waals surface area contributed by atoms with Gasteiger partial charge in [0.05, 0.1) is 0 Å². The van der Waals surface area contributed by atoms with Crippen molar-refractivity contribution >= 4 is 6.01 Å². The lowest BCUT2D eigenvalue weighted by Crippen LogP contribution is -2.17. The molecule has 13 heavy (non-hydrogen) atoms. The Bertz CT molecular complexity index is 300. The van der Waals surface area contributed by atoms with E-state index in [9.17, 15) is 0 Å². The molecule has 0 amide bonds. The summed E-state index contributed by atoms with van der Waals surface area (Å²) in [5.41, 5.74) is 0. The maximum atomic E-state index is 5.21. The van der Waals surface area contributed by atoms with Crippen molar-refractivity contribution in [3.8, 4) is 12.3 Å². The van der Waals surface area contributed by atoms with Crippen LogP contribution in [0.3, 0.4) is 0 Å². The number of terminal acetylenes is 1. The molecule has 70 valence electrons. The Kier molecular flexibility index (Phi) is 3.32. The highest BCUT2D eigenvalue weighted by atomic mass is 16.5. The van der Waals surface area contributed by atoms with E-state index in [1.54, 1.807) is 6.92 Å². The molecule has 0 aliphatic heterocycles. The smallest absolute Gasteiger partial charge is 0.321 e. The number of aromatic nitrogens is 2. The third kappa shape index (κ3) is 2.79. The van der Waals surface area contributed by atoms with E-state index < -0.39 is 0 Å². The number of aryl methyl sites for hydroxylation is 1. The van der Waals surface area contributed by atoms with Gasteiger partial charge in [-0.3, -0.25) is 0 Å². The second-order valence-corrected chi connectivity index (χ2v) is 2.80. The summed E-state index contributed by atoms with van der Waals surface area (Å²) in [6.07, 6.45) is 6.81. The van der Waals surface area contributed by atoms with E-state index in [1.807, 2.05) is 0 Å². The van der Waals surface area contributed by atoms with Crippen LogP contribution in [0.25, 0.3) is 0 Å². The predicted octanol–water partition coefficient (Wildman–Crippen LogP) is 1.59. The Hall–Kier alpha value is -1.50. The van der Waals surface area contributed by atoms with Crippen LogP contribution in [0.2, 0.25) is 0 Å².